The number of carbonyl (C=O) groups is 1. The van der Waals surface area contributed by atoms with Crippen molar-refractivity contribution >= 4 is 5.91 Å². The Labute approximate surface area is 127 Å². The summed E-state index contributed by atoms with van der Waals surface area (Å²) < 4.78 is 5.78. The number of nitrogens with two attached hydrogens (primary N) is 1. The van der Waals surface area contributed by atoms with E-state index in [2.05, 4.69) is 10.3 Å². The molecule has 1 heterocycles. The molecule has 0 aromatic carbocycles. The lowest BCUT2D eigenvalue weighted by Crippen LogP contribution is -2.48. The van der Waals surface area contributed by atoms with Gasteiger partial charge in [-0.15, -0.1) is 0 Å². The summed E-state index contributed by atoms with van der Waals surface area (Å²) in [6.45, 7) is 10.2. The lowest BCUT2D eigenvalue weighted by molar-refractivity contribution is -0.129. The molecule has 0 bridgehead atoms. The van der Waals surface area contributed by atoms with E-state index in [0.717, 1.165) is 17.8 Å². The maximum atomic E-state index is 12.2. The third-order valence-electron chi connectivity index (χ3n) is 3.47. The number of rotatable bonds is 7. The summed E-state index contributed by atoms with van der Waals surface area (Å²) in [5, 5.41) is 2.98. The van der Waals surface area contributed by atoms with E-state index in [-0.39, 0.29) is 11.4 Å². The smallest absolute Gasteiger partial charge is 0.261 e. The Morgan fingerprint density at radius 3 is 2.71 bits per heavy atom. The molecule has 0 saturated carbocycles. The molecule has 1 aromatic heterocycles. The van der Waals surface area contributed by atoms with Crippen LogP contribution in [-0.4, -0.2) is 29.1 Å². The summed E-state index contributed by atoms with van der Waals surface area (Å²) in [5.41, 5.74) is 7.07. The van der Waals surface area contributed by atoms with E-state index in [0.29, 0.717) is 18.7 Å². The van der Waals surface area contributed by atoms with Crippen LogP contribution in [0.15, 0.2) is 12.1 Å². The lowest BCUT2D eigenvalue weighted by atomic mass is 10.0. The van der Waals surface area contributed by atoms with Gasteiger partial charge in [0.2, 0.25) is 0 Å². The third kappa shape index (κ3) is 5.34. The van der Waals surface area contributed by atoms with Gasteiger partial charge in [-0.2, -0.15) is 0 Å². The van der Waals surface area contributed by atoms with Gasteiger partial charge in [0.1, 0.15) is 5.75 Å². The van der Waals surface area contributed by atoms with Crippen LogP contribution in [0.5, 0.6) is 5.75 Å². The zero-order valence-corrected chi connectivity index (χ0v) is 13.7. The lowest BCUT2D eigenvalue weighted by Gasteiger charge is -2.27. The Morgan fingerprint density at radius 2 is 2.14 bits per heavy atom. The Balaban J connectivity index is 2.78. The second-order valence-electron chi connectivity index (χ2n) is 5.92. The highest BCUT2D eigenvalue weighted by Gasteiger charge is 2.23. The molecule has 118 valence electrons. The van der Waals surface area contributed by atoms with Gasteiger partial charge in [-0.25, -0.2) is 0 Å². The molecule has 0 spiro atoms. The fraction of sp³-hybridized carbons (Fsp3) is 0.625. The van der Waals surface area contributed by atoms with Crippen LogP contribution in [0.2, 0.25) is 0 Å². The second kappa shape index (κ2) is 7.41. The minimum atomic E-state index is -0.572. The molecule has 1 aromatic rings. The first-order valence-corrected chi connectivity index (χ1v) is 7.44. The first-order chi connectivity index (χ1) is 9.79. The van der Waals surface area contributed by atoms with Crippen molar-refractivity contribution in [2.24, 2.45) is 5.73 Å². The Hall–Kier alpha value is -1.62. The van der Waals surface area contributed by atoms with Crippen molar-refractivity contribution in [1.82, 2.24) is 10.3 Å². The number of amides is 1. The summed E-state index contributed by atoms with van der Waals surface area (Å²) in [7, 11) is 0. The Kier molecular flexibility index (Phi) is 6.15. The van der Waals surface area contributed by atoms with Crippen LogP contribution in [-0.2, 0) is 11.2 Å². The molecule has 1 amide bonds. The minimum Gasteiger partial charge on any atom is -0.479 e. The number of nitrogens with zero attached hydrogens (tertiary/aromatic N) is 1. The van der Waals surface area contributed by atoms with Crippen molar-refractivity contribution in [3.63, 3.8) is 0 Å². The molecule has 0 radical (unpaired) electrons. The first-order valence-electron chi connectivity index (χ1n) is 7.44. The molecular weight excluding hydrogens is 266 g/mol. The van der Waals surface area contributed by atoms with Gasteiger partial charge in [-0.3, -0.25) is 9.78 Å². The van der Waals surface area contributed by atoms with Crippen molar-refractivity contribution in [3.8, 4) is 5.75 Å². The summed E-state index contributed by atoms with van der Waals surface area (Å²) >= 11 is 0. The molecule has 0 saturated heterocycles. The molecule has 3 N–H and O–H groups in total. The van der Waals surface area contributed by atoms with Gasteiger partial charge in [0.15, 0.2) is 6.10 Å². The van der Waals surface area contributed by atoms with E-state index in [1.54, 1.807) is 6.92 Å². The summed E-state index contributed by atoms with van der Waals surface area (Å²) in [4.78, 5) is 16.6. The second-order valence-corrected chi connectivity index (χ2v) is 5.92. The van der Waals surface area contributed by atoms with Crippen molar-refractivity contribution < 1.29 is 9.53 Å². The van der Waals surface area contributed by atoms with E-state index in [1.165, 1.54) is 0 Å². The molecule has 21 heavy (non-hydrogen) atoms. The standard InChI is InChI=1S/C16H27N3O2/c1-6-16(4,5)19-15(20)12(3)21-14-8-7-11(2)18-13(14)9-10-17/h7-8,12H,6,9-10,17H2,1-5H3,(H,19,20). The van der Waals surface area contributed by atoms with Gasteiger partial charge >= 0.3 is 0 Å². The van der Waals surface area contributed by atoms with Gasteiger partial charge in [0.25, 0.3) is 5.91 Å². The quantitative estimate of drug-likeness (QED) is 0.805. The topological polar surface area (TPSA) is 77.2 Å². The third-order valence-corrected chi connectivity index (χ3v) is 3.47. The van der Waals surface area contributed by atoms with Crippen molar-refractivity contribution in [2.75, 3.05) is 6.54 Å². The highest BCUT2D eigenvalue weighted by Crippen LogP contribution is 2.19. The fourth-order valence-electron chi connectivity index (χ4n) is 1.79. The highest BCUT2D eigenvalue weighted by atomic mass is 16.5. The van der Waals surface area contributed by atoms with E-state index in [9.17, 15) is 4.79 Å². The van der Waals surface area contributed by atoms with Gasteiger partial charge in [0.05, 0.1) is 5.69 Å². The summed E-state index contributed by atoms with van der Waals surface area (Å²) in [6.07, 6.45) is 0.916. The van der Waals surface area contributed by atoms with Crippen LogP contribution in [0.25, 0.3) is 0 Å². The number of nitrogens with one attached hydrogen (secondary N) is 1. The molecule has 1 atom stereocenters. The maximum absolute atomic E-state index is 12.2. The first kappa shape index (κ1) is 17.4. The van der Waals surface area contributed by atoms with Crippen LogP contribution < -0.4 is 15.8 Å². The monoisotopic (exact) mass is 293 g/mol. The normalized spacial score (nSPS) is 12.9. The van der Waals surface area contributed by atoms with E-state index >= 15 is 0 Å². The zero-order valence-electron chi connectivity index (χ0n) is 13.7. The number of pyridine rings is 1. The number of aryl methyl sites for hydroxylation is 1. The molecule has 5 heteroatoms. The zero-order chi connectivity index (χ0) is 16.0. The molecule has 0 aliphatic carbocycles. The predicted octanol–water partition coefficient (Wildman–Crippen LogP) is 1.96. The number of hydrogen-bond acceptors (Lipinski definition) is 4. The van der Waals surface area contributed by atoms with Crippen LogP contribution in [0.4, 0.5) is 0 Å². The van der Waals surface area contributed by atoms with Crippen molar-refractivity contribution in [3.05, 3.63) is 23.5 Å². The maximum Gasteiger partial charge on any atom is 0.261 e. The van der Waals surface area contributed by atoms with Crippen LogP contribution in [0, 0.1) is 6.92 Å². The van der Waals surface area contributed by atoms with Gasteiger partial charge < -0.3 is 15.8 Å². The molecule has 1 unspecified atom stereocenters. The fourth-order valence-corrected chi connectivity index (χ4v) is 1.79. The van der Waals surface area contributed by atoms with Crippen LogP contribution in [0.1, 0.15) is 45.5 Å². The average molecular weight is 293 g/mol. The van der Waals surface area contributed by atoms with Crippen LogP contribution >= 0.6 is 0 Å². The number of ether oxygens (including phenoxy) is 1. The summed E-state index contributed by atoms with van der Waals surface area (Å²) in [5.74, 6) is 0.504. The molecule has 0 aliphatic heterocycles. The van der Waals surface area contributed by atoms with Gasteiger partial charge in [-0.1, -0.05) is 6.92 Å². The largest absolute Gasteiger partial charge is 0.479 e. The van der Waals surface area contributed by atoms with E-state index in [1.807, 2.05) is 39.8 Å². The Bertz CT molecular complexity index is 486. The summed E-state index contributed by atoms with van der Waals surface area (Å²) in [6, 6.07) is 3.72. The molecule has 1 rings (SSSR count). The number of hydrogen-bond donors (Lipinski definition) is 2. The van der Waals surface area contributed by atoms with Crippen molar-refractivity contribution in [2.45, 2.75) is 59.1 Å². The molecule has 0 aliphatic rings. The van der Waals surface area contributed by atoms with Gasteiger partial charge in [-0.05, 0) is 52.8 Å². The average Bonchev–Trinajstić information content (AvgIpc) is 2.41. The number of carbonyl (C=O) groups excluding carboxylic acids is 1. The highest BCUT2D eigenvalue weighted by molar-refractivity contribution is 5.81. The van der Waals surface area contributed by atoms with E-state index in [4.69, 9.17) is 10.5 Å². The van der Waals surface area contributed by atoms with E-state index < -0.39 is 6.10 Å². The molecule has 0 fully saturated rings. The van der Waals surface area contributed by atoms with Gasteiger partial charge in [0, 0.05) is 17.7 Å². The number of aromatic nitrogens is 1. The minimum absolute atomic E-state index is 0.124. The Morgan fingerprint density at radius 1 is 1.48 bits per heavy atom. The predicted molar refractivity (Wildman–Crippen MR) is 84.3 cm³/mol. The van der Waals surface area contributed by atoms with Crippen molar-refractivity contribution in [1.29, 1.82) is 0 Å². The SMILES string of the molecule is CCC(C)(C)NC(=O)C(C)Oc1ccc(C)nc1CCN. The van der Waals surface area contributed by atoms with Crippen LogP contribution in [0.3, 0.4) is 0 Å². The molecular formula is C16H27N3O2. The molecule has 5 nitrogen and oxygen atoms in total.